The minimum atomic E-state index is 0.117. The Morgan fingerprint density at radius 1 is 1.31 bits per heavy atom. The smallest absolute Gasteiger partial charge is 0.0576 e. The molecule has 0 aromatic heterocycles. The molecule has 0 saturated heterocycles. The van der Waals surface area contributed by atoms with Crippen molar-refractivity contribution in [2.75, 3.05) is 6.61 Å². The molecular weight excluding hydrogens is 162 g/mol. The molecule has 0 atom stereocenters. The molecule has 1 aliphatic carbocycles. The van der Waals surface area contributed by atoms with Gasteiger partial charge in [0.15, 0.2) is 0 Å². The zero-order valence-corrected chi connectivity index (χ0v) is 9.01. The van der Waals surface area contributed by atoms with Crippen molar-refractivity contribution in [2.24, 2.45) is 5.73 Å². The summed E-state index contributed by atoms with van der Waals surface area (Å²) >= 11 is 0. The average molecular weight is 185 g/mol. The third-order valence-corrected chi connectivity index (χ3v) is 3.19. The quantitative estimate of drug-likeness (QED) is 0.730. The number of rotatable bonds is 4. The molecule has 2 heteroatoms. The van der Waals surface area contributed by atoms with E-state index in [9.17, 15) is 0 Å². The second-order valence-electron chi connectivity index (χ2n) is 4.29. The Bertz CT molecular complexity index is 139. The van der Waals surface area contributed by atoms with Gasteiger partial charge < -0.3 is 10.5 Å². The van der Waals surface area contributed by atoms with Crippen molar-refractivity contribution in [3.05, 3.63) is 0 Å². The van der Waals surface area contributed by atoms with Crippen LogP contribution in [0.1, 0.15) is 52.4 Å². The van der Waals surface area contributed by atoms with Crippen LogP contribution < -0.4 is 5.73 Å². The summed E-state index contributed by atoms with van der Waals surface area (Å²) in [6.07, 6.45) is 7.30. The lowest BCUT2D eigenvalue weighted by Crippen LogP contribution is -2.44. The van der Waals surface area contributed by atoms with Gasteiger partial charge in [0.05, 0.1) is 6.10 Å². The Kier molecular flexibility index (Phi) is 4.20. The van der Waals surface area contributed by atoms with Crippen LogP contribution in [0.4, 0.5) is 0 Å². The number of hydrogen-bond donors (Lipinski definition) is 1. The van der Waals surface area contributed by atoms with E-state index in [1.165, 1.54) is 0 Å². The van der Waals surface area contributed by atoms with E-state index in [2.05, 4.69) is 13.8 Å². The van der Waals surface area contributed by atoms with Crippen LogP contribution in [0.2, 0.25) is 0 Å². The molecule has 0 aliphatic heterocycles. The molecule has 13 heavy (non-hydrogen) atoms. The summed E-state index contributed by atoms with van der Waals surface area (Å²) < 4.78 is 5.71. The van der Waals surface area contributed by atoms with Gasteiger partial charge in [-0.2, -0.15) is 0 Å². The Morgan fingerprint density at radius 2 is 1.92 bits per heavy atom. The van der Waals surface area contributed by atoms with E-state index in [0.717, 1.165) is 45.1 Å². The van der Waals surface area contributed by atoms with Gasteiger partial charge in [0, 0.05) is 12.1 Å². The number of ether oxygens (including phenoxy) is 1. The summed E-state index contributed by atoms with van der Waals surface area (Å²) in [6.45, 7) is 5.25. The van der Waals surface area contributed by atoms with E-state index in [1.807, 2.05) is 0 Å². The molecule has 0 amide bonds. The third-order valence-electron chi connectivity index (χ3n) is 3.19. The third kappa shape index (κ3) is 3.28. The van der Waals surface area contributed by atoms with E-state index in [4.69, 9.17) is 10.5 Å². The average Bonchev–Trinajstić information content (AvgIpc) is 2.17. The molecule has 0 radical (unpaired) electrons. The van der Waals surface area contributed by atoms with E-state index < -0.39 is 0 Å². The highest BCUT2D eigenvalue weighted by Crippen LogP contribution is 2.30. The minimum Gasteiger partial charge on any atom is -0.378 e. The molecule has 1 saturated carbocycles. The van der Waals surface area contributed by atoms with Gasteiger partial charge in [0.25, 0.3) is 0 Å². The van der Waals surface area contributed by atoms with E-state index >= 15 is 0 Å². The lowest BCUT2D eigenvalue weighted by Gasteiger charge is -2.36. The summed E-state index contributed by atoms with van der Waals surface area (Å²) in [5.41, 5.74) is 6.31. The van der Waals surface area contributed by atoms with Crippen LogP contribution in [0.15, 0.2) is 0 Å². The fourth-order valence-electron chi connectivity index (χ4n) is 1.97. The molecular formula is C11H23NO. The summed E-state index contributed by atoms with van der Waals surface area (Å²) in [5, 5.41) is 0. The van der Waals surface area contributed by atoms with Crippen molar-refractivity contribution in [2.45, 2.75) is 64.0 Å². The predicted molar refractivity (Wildman–Crippen MR) is 55.7 cm³/mol. The molecule has 1 rings (SSSR count). The van der Waals surface area contributed by atoms with Gasteiger partial charge in [-0.15, -0.1) is 0 Å². The predicted octanol–water partition coefficient (Wildman–Crippen LogP) is 2.46. The second kappa shape index (κ2) is 4.97. The zero-order chi connectivity index (χ0) is 9.73. The van der Waals surface area contributed by atoms with Gasteiger partial charge in [0.2, 0.25) is 0 Å². The van der Waals surface area contributed by atoms with Crippen molar-refractivity contribution in [3.63, 3.8) is 0 Å². The molecule has 1 aliphatic rings. The van der Waals surface area contributed by atoms with Gasteiger partial charge in [0.1, 0.15) is 0 Å². The standard InChI is InChI=1S/C11H23NO/c1-3-9-13-10-5-7-11(12,4-2)8-6-10/h10H,3-9,12H2,1-2H3/t10-,11-. The number of nitrogens with two attached hydrogens (primary N) is 1. The van der Waals surface area contributed by atoms with Crippen LogP contribution in [0.3, 0.4) is 0 Å². The largest absolute Gasteiger partial charge is 0.378 e. The van der Waals surface area contributed by atoms with E-state index in [0.29, 0.717) is 6.10 Å². The van der Waals surface area contributed by atoms with Crippen LogP contribution in [0.25, 0.3) is 0 Å². The maximum atomic E-state index is 6.19. The van der Waals surface area contributed by atoms with Gasteiger partial charge in [-0.1, -0.05) is 13.8 Å². The summed E-state index contributed by atoms with van der Waals surface area (Å²) in [4.78, 5) is 0. The summed E-state index contributed by atoms with van der Waals surface area (Å²) in [6, 6.07) is 0. The maximum Gasteiger partial charge on any atom is 0.0576 e. The molecule has 0 bridgehead atoms. The molecule has 0 spiro atoms. The zero-order valence-electron chi connectivity index (χ0n) is 9.01. The summed E-state index contributed by atoms with van der Waals surface area (Å²) in [7, 11) is 0. The Morgan fingerprint density at radius 3 is 2.38 bits per heavy atom. The van der Waals surface area contributed by atoms with E-state index in [-0.39, 0.29) is 5.54 Å². The van der Waals surface area contributed by atoms with Crippen LogP contribution >= 0.6 is 0 Å². The molecule has 1 fully saturated rings. The lowest BCUT2D eigenvalue weighted by molar-refractivity contribution is 0.0132. The fourth-order valence-corrected chi connectivity index (χ4v) is 1.97. The van der Waals surface area contributed by atoms with Gasteiger partial charge >= 0.3 is 0 Å². The topological polar surface area (TPSA) is 35.2 Å². The van der Waals surface area contributed by atoms with E-state index in [1.54, 1.807) is 0 Å². The molecule has 2 nitrogen and oxygen atoms in total. The first-order chi connectivity index (χ1) is 6.20. The van der Waals surface area contributed by atoms with Crippen molar-refractivity contribution in [1.82, 2.24) is 0 Å². The number of hydrogen-bond acceptors (Lipinski definition) is 2. The second-order valence-corrected chi connectivity index (χ2v) is 4.29. The highest BCUT2D eigenvalue weighted by Gasteiger charge is 2.29. The Hall–Kier alpha value is -0.0800. The minimum absolute atomic E-state index is 0.117. The normalized spacial score (nSPS) is 34.8. The Labute approximate surface area is 81.8 Å². The molecule has 0 aromatic carbocycles. The fraction of sp³-hybridized carbons (Fsp3) is 1.00. The van der Waals surface area contributed by atoms with Gasteiger partial charge in [-0.05, 0) is 38.5 Å². The first kappa shape index (κ1) is 11.0. The van der Waals surface area contributed by atoms with Gasteiger partial charge in [-0.25, -0.2) is 0 Å². The monoisotopic (exact) mass is 185 g/mol. The maximum absolute atomic E-state index is 6.19. The van der Waals surface area contributed by atoms with Crippen LogP contribution in [0.5, 0.6) is 0 Å². The lowest BCUT2D eigenvalue weighted by atomic mass is 9.79. The molecule has 0 heterocycles. The van der Waals surface area contributed by atoms with Crippen LogP contribution in [-0.4, -0.2) is 18.2 Å². The highest BCUT2D eigenvalue weighted by atomic mass is 16.5. The summed E-state index contributed by atoms with van der Waals surface area (Å²) in [5.74, 6) is 0. The SMILES string of the molecule is CCCO[C@H]1CC[C@@](N)(CC)CC1. The highest BCUT2D eigenvalue weighted by molar-refractivity contribution is 4.88. The molecule has 0 unspecified atom stereocenters. The Balaban J connectivity index is 2.22. The first-order valence-electron chi connectivity index (χ1n) is 5.60. The van der Waals surface area contributed by atoms with Crippen LogP contribution in [0, 0.1) is 0 Å². The van der Waals surface area contributed by atoms with Crippen molar-refractivity contribution in [1.29, 1.82) is 0 Å². The first-order valence-corrected chi connectivity index (χ1v) is 5.60. The molecule has 2 N–H and O–H groups in total. The van der Waals surface area contributed by atoms with Crippen molar-refractivity contribution in [3.8, 4) is 0 Å². The van der Waals surface area contributed by atoms with Crippen molar-refractivity contribution < 1.29 is 4.74 Å². The molecule has 0 aromatic rings. The van der Waals surface area contributed by atoms with Gasteiger partial charge in [-0.3, -0.25) is 0 Å². The van der Waals surface area contributed by atoms with Crippen molar-refractivity contribution >= 4 is 0 Å². The molecule has 78 valence electrons. The van der Waals surface area contributed by atoms with Crippen LogP contribution in [-0.2, 0) is 4.74 Å².